The number of carbonyl (C=O) groups excluding carboxylic acids is 4. The topological polar surface area (TPSA) is 134 Å². The first kappa shape index (κ1) is 23.0. The van der Waals surface area contributed by atoms with E-state index >= 15 is 0 Å². The van der Waals surface area contributed by atoms with Crippen LogP contribution in [0.15, 0.2) is 11.6 Å². The first-order valence-corrected chi connectivity index (χ1v) is 9.95. The Hall–Kier alpha value is -2.26. The van der Waals surface area contributed by atoms with Crippen LogP contribution in [0.5, 0.6) is 0 Å². The van der Waals surface area contributed by atoms with E-state index in [4.69, 9.17) is 4.74 Å². The van der Waals surface area contributed by atoms with Crippen LogP contribution in [0, 0.1) is 5.41 Å². The number of amides is 3. The SMILES string of the molecule is CC(C)(C)C[C@H](NC(=O)[C@H]1CCCO1)C(=O)N[C@@H](/C=C1\CCNC1=O)C(=O)CO. The van der Waals surface area contributed by atoms with Crippen LogP contribution >= 0.6 is 0 Å². The van der Waals surface area contributed by atoms with Crippen molar-refractivity contribution in [2.75, 3.05) is 19.8 Å². The van der Waals surface area contributed by atoms with E-state index < -0.39 is 36.5 Å². The second-order valence-corrected chi connectivity index (χ2v) is 8.64. The quantitative estimate of drug-likeness (QED) is 0.402. The minimum Gasteiger partial charge on any atom is -0.388 e. The maximum absolute atomic E-state index is 12.9. The molecule has 0 unspecified atom stereocenters. The van der Waals surface area contributed by atoms with Crippen LogP contribution in [0.3, 0.4) is 0 Å². The number of ether oxygens (including phenoxy) is 1. The summed E-state index contributed by atoms with van der Waals surface area (Å²) >= 11 is 0. The monoisotopic (exact) mass is 409 g/mol. The Morgan fingerprint density at radius 1 is 1.31 bits per heavy atom. The average Bonchev–Trinajstić information content (AvgIpc) is 3.31. The molecule has 3 atom stereocenters. The average molecular weight is 409 g/mol. The van der Waals surface area contributed by atoms with E-state index in [-0.39, 0.29) is 17.2 Å². The third kappa shape index (κ3) is 6.93. The molecule has 0 aliphatic carbocycles. The molecule has 2 aliphatic rings. The molecule has 9 nitrogen and oxygen atoms in total. The van der Waals surface area contributed by atoms with Gasteiger partial charge >= 0.3 is 0 Å². The molecule has 2 saturated heterocycles. The van der Waals surface area contributed by atoms with Gasteiger partial charge in [0.15, 0.2) is 5.78 Å². The lowest BCUT2D eigenvalue weighted by atomic mass is 9.87. The van der Waals surface area contributed by atoms with Gasteiger partial charge in [-0.25, -0.2) is 0 Å². The second kappa shape index (κ2) is 9.98. The standard InChI is InChI=1S/C20H31N3O6/c1-20(2,3)10-14(23-19(28)16-5-4-8-29-16)18(27)22-13(15(25)11-24)9-12-6-7-21-17(12)26/h9,13-14,16,24H,4-8,10-11H2,1-3H3,(H,21,26)(H,22,27)(H,23,28)/b12-9+/t13-,14-,16+/m0/s1. The molecule has 0 aromatic heterocycles. The normalized spacial score (nSPS) is 22.8. The van der Waals surface area contributed by atoms with Gasteiger partial charge in [0.2, 0.25) is 17.7 Å². The van der Waals surface area contributed by atoms with Crippen molar-refractivity contribution >= 4 is 23.5 Å². The molecule has 2 heterocycles. The minimum absolute atomic E-state index is 0.272. The first-order valence-electron chi connectivity index (χ1n) is 9.95. The summed E-state index contributed by atoms with van der Waals surface area (Å²) in [4.78, 5) is 49.3. The van der Waals surface area contributed by atoms with Crippen LogP contribution in [0.25, 0.3) is 0 Å². The third-order valence-corrected chi connectivity index (χ3v) is 4.81. The lowest BCUT2D eigenvalue weighted by Gasteiger charge is -2.28. The van der Waals surface area contributed by atoms with Crippen molar-refractivity contribution in [1.29, 1.82) is 0 Å². The Balaban J connectivity index is 2.14. The summed E-state index contributed by atoms with van der Waals surface area (Å²) in [7, 11) is 0. The van der Waals surface area contributed by atoms with Gasteiger partial charge in [-0.15, -0.1) is 0 Å². The highest BCUT2D eigenvalue weighted by molar-refractivity contribution is 5.99. The van der Waals surface area contributed by atoms with Gasteiger partial charge in [0.1, 0.15) is 24.8 Å². The molecule has 162 valence electrons. The zero-order valence-corrected chi connectivity index (χ0v) is 17.2. The van der Waals surface area contributed by atoms with Crippen LogP contribution in [-0.4, -0.2) is 66.6 Å². The number of hydrogen-bond acceptors (Lipinski definition) is 6. The maximum Gasteiger partial charge on any atom is 0.249 e. The number of carbonyl (C=O) groups is 4. The summed E-state index contributed by atoms with van der Waals surface area (Å²) in [6.07, 6.45) is 2.96. The minimum atomic E-state index is -1.14. The predicted octanol–water partition coefficient (Wildman–Crippen LogP) is -0.421. The maximum atomic E-state index is 12.9. The molecule has 9 heteroatoms. The smallest absolute Gasteiger partial charge is 0.249 e. The third-order valence-electron chi connectivity index (χ3n) is 4.81. The number of aliphatic hydroxyl groups excluding tert-OH is 1. The van der Waals surface area contributed by atoms with Crippen molar-refractivity contribution in [2.45, 2.75) is 64.6 Å². The summed E-state index contributed by atoms with van der Waals surface area (Å²) in [5.74, 6) is -1.84. The van der Waals surface area contributed by atoms with Gasteiger partial charge in [-0.2, -0.15) is 0 Å². The fourth-order valence-electron chi connectivity index (χ4n) is 3.34. The van der Waals surface area contributed by atoms with Crippen LogP contribution in [-0.2, 0) is 23.9 Å². The lowest BCUT2D eigenvalue weighted by molar-refractivity contribution is -0.135. The van der Waals surface area contributed by atoms with Gasteiger partial charge in [-0.1, -0.05) is 20.8 Å². The van der Waals surface area contributed by atoms with Crippen LogP contribution in [0.4, 0.5) is 0 Å². The number of nitrogens with one attached hydrogen (secondary N) is 3. The van der Waals surface area contributed by atoms with Crippen molar-refractivity contribution < 1.29 is 29.0 Å². The fraction of sp³-hybridized carbons (Fsp3) is 0.700. The summed E-state index contributed by atoms with van der Waals surface area (Å²) in [5, 5.41) is 17.2. The molecular weight excluding hydrogens is 378 g/mol. The van der Waals surface area contributed by atoms with Crippen LogP contribution < -0.4 is 16.0 Å². The van der Waals surface area contributed by atoms with E-state index in [1.807, 2.05) is 20.8 Å². The van der Waals surface area contributed by atoms with Gasteiger partial charge in [-0.05, 0) is 37.2 Å². The van der Waals surface area contributed by atoms with E-state index in [0.717, 1.165) is 6.42 Å². The van der Waals surface area contributed by atoms with Crippen LogP contribution in [0.1, 0.15) is 46.5 Å². The summed E-state index contributed by atoms with van der Waals surface area (Å²) in [6, 6.07) is -2.02. The summed E-state index contributed by atoms with van der Waals surface area (Å²) in [5.41, 5.74) is 0.111. The number of Topliss-reactive ketones (excluding diaryl/α,β-unsaturated/α-hetero) is 1. The van der Waals surface area contributed by atoms with Crippen molar-refractivity contribution in [3.05, 3.63) is 11.6 Å². The molecule has 29 heavy (non-hydrogen) atoms. The van der Waals surface area contributed by atoms with Gasteiger partial charge in [0.05, 0.1) is 0 Å². The van der Waals surface area contributed by atoms with Crippen molar-refractivity contribution in [3.63, 3.8) is 0 Å². The van der Waals surface area contributed by atoms with Gasteiger partial charge in [-0.3, -0.25) is 19.2 Å². The predicted molar refractivity (Wildman–Crippen MR) is 105 cm³/mol. The van der Waals surface area contributed by atoms with E-state index in [1.54, 1.807) is 0 Å². The van der Waals surface area contributed by atoms with Gasteiger partial charge in [0.25, 0.3) is 0 Å². The molecule has 0 aromatic carbocycles. The van der Waals surface area contributed by atoms with Crippen molar-refractivity contribution in [3.8, 4) is 0 Å². The zero-order valence-electron chi connectivity index (χ0n) is 17.2. The molecule has 0 aromatic rings. The molecule has 2 aliphatic heterocycles. The number of rotatable bonds is 8. The van der Waals surface area contributed by atoms with E-state index in [1.165, 1.54) is 6.08 Å². The number of hydrogen-bond donors (Lipinski definition) is 4. The molecule has 3 amide bonds. The van der Waals surface area contributed by atoms with Crippen molar-refractivity contribution in [1.82, 2.24) is 16.0 Å². The molecule has 0 saturated carbocycles. The Labute approximate surface area is 170 Å². The molecule has 2 fully saturated rings. The Morgan fingerprint density at radius 2 is 2.03 bits per heavy atom. The number of ketones is 1. The van der Waals surface area contributed by atoms with E-state index in [9.17, 15) is 24.3 Å². The van der Waals surface area contributed by atoms with Crippen molar-refractivity contribution in [2.24, 2.45) is 5.41 Å². The second-order valence-electron chi connectivity index (χ2n) is 8.64. The Morgan fingerprint density at radius 3 is 2.55 bits per heavy atom. The lowest BCUT2D eigenvalue weighted by Crippen LogP contribution is -2.54. The van der Waals surface area contributed by atoms with E-state index in [0.29, 0.717) is 38.0 Å². The van der Waals surface area contributed by atoms with E-state index in [2.05, 4.69) is 16.0 Å². The highest BCUT2D eigenvalue weighted by Gasteiger charge is 2.33. The fourth-order valence-corrected chi connectivity index (χ4v) is 3.34. The molecule has 4 N–H and O–H groups in total. The Kier molecular flexibility index (Phi) is 7.92. The largest absolute Gasteiger partial charge is 0.388 e. The first-order chi connectivity index (χ1) is 13.6. The van der Waals surface area contributed by atoms with Gasteiger partial charge < -0.3 is 25.8 Å². The molecule has 0 radical (unpaired) electrons. The molecule has 0 spiro atoms. The molecule has 2 rings (SSSR count). The highest BCUT2D eigenvalue weighted by Crippen LogP contribution is 2.22. The van der Waals surface area contributed by atoms with Crippen LogP contribution in [0.2, 0.25) is 0 Å². The highest BCUT2D eigenvalue weighted by atomic mass is 16.5. The molecular formula is C20H31N3O6. The summed E-state index contributed by atoms with van der Waals surface area (Å²) < 4.78 is 5.38. The Bertz CT molecular complexity index is 676. The number of aliphatic hydroxyl groups is 1. The van der Waals surface area contributed by atoms with Gasteiger partial charge in [0, 0.05) is 18.7 Å². The summed E-state index contributed by atoms with van der Waals surface area (Å²) in [6.45, 7) is 6.01. The zero-order chi connectivity index (χ0) is 21.6. The molecule has 0 bridgehead atoms.